The Labute approximate surface area is 125 Å². The van der Waals surface area contributed by atoms with Crippen LogP contribution in [0, 0.1) is 23.7 Å². The third-order valence-corrected chi connectivity index (χ3v) is 6.29. The van der Waals surface area contributed by atoms with E-state index >= 15 is 0 Å². The van der Waals surface area contributed by atoms with Crippen molar-refractivity contribution < 1.29 is 0 Å². The average Bonchev–Trinajstić information content (AvgIpc) is 3.01. The van der Waals surface area contributed by atoms with Gasteiger partial charge in [0.15, 0.2) is 0 Å². The first-order chi connectivity index (χ1) is 9.59. The number of rotatable bonds is 5. The molecule has 3 rings (SSSR count). The smallest absolute Gasteiger partial charge is 0.0330 e. The molecule has 0 saturated heterocycles. The highest BCUT2D eigenvalue weighted by Gasteiger charge is 2.38. The third kappa shape index (κ3) is 2.82. The monoisotopic (exact) mass is 276 g/mol. The highest BCUT2D eigenvalue weighted by molar-refractivity contribution is 5.10. The van der Waals surface area contributed by atoms with E-state index < -0.39 is 0 Å². The molecule has 0 radical (unpaired) electrons. The molecule has 0 aliphatic heterocycles. The van der Waals surface area contributed by atoms with E-state index in [-0.39, 0.29) is 0 Å². The van der Waals surface area contributed by atoms with Gasteiger partial charge in [-0.3, -0.25) is 0 Å². The topological polar surface area (TPSA) is 15.3 Å². The van der Waals surface area contributed by atoms with Gasteiger partial charge in [0.25, 0.3) is 0 Å². The summed E-state index contributed by atoms with van der Waals surface area (Å²) in [6.45, 7) is 4.84. The van der Waals surface area contributed by atoms with Gasteiger partial charge >= 0.3 is 0 Å². The minimum absolute atomic E-state index is 0.408. The van der Waals surface area contributed by atoms with Gasteiger partial charge in [-0.25, -0.2) is 0 Å². The second-order valence-corrected chi connectivity index (χ2v) is 7.99. The van der Waals surface area contributed by atoms with Crippen molar-refractivity contribution in [1.29, 1.82) is 0 Å². The summed E-state index contributed by atoms with van der Waals surface area (Å²) in [5.74, 6) is 3.58. The molecule has 1 N–H and O–H groups in total. The molecule has 0 spiro atoms. The van der Waals surface area contributed by atoms with Crippen molar-refractivity contribution in [3.63, 3.8) is 0 Å². The van der Waals surface area contributed by atoms with Crippen LogP contribution in [0.4, 0.5) is 0 Å². The zero-order chi connectivity index (χ0) is 14.2. The Morgan fingerprint density at radius 2 is 2.10 bits per heavy atom. The Morgan fingerprint density at radius 3 is 2.70 bits per heavy atom. The second kappa shape index (κ2) is 5.81. The van der Waals surface area contributed by atoms with Crippen LogP contribution in [0.1, 0.15) is 45.4 Å². The molecule has 5 atom stereocenters. The summed E-state index contributed by atoms with van der Waals surface area (Å²) in [7, 11) is 4.56. The predicted octanol–water partition coefficient (Wildman–Crippen LogP) is 3.30. The molecule has 20 heavy (non-hydrogen) atoms. The molecule has 5 unspecified atom stereocenters. The van der Waals surface area contributed by atoms with Gasteiger partial charge in [-0.15, -0.1) is 0 Å². The van der Waals surface area contributed by atoms with Crippen LogP contribution in [-0.4, -0.2) is 37.6 Å². The van der Waals surface area contributed by atoms with Crippen LogP contribution in [0.5, 0.6) is 0 Å². The van der Waals surface area contributed by atoms with Crippen molar-refractivity contribution in [2.75, 3.05) is 27.2 Å². The number of hydrogen-bond acceptors (Lipinski definition) is 2. The van der Waals surface area contributed by atoms with Crippen LogP contribution >= 0.6 is 0 Å². The van der Waals surface area contributed by atoms with Crippen molar-refractivity contribution in [3.8, 4) is 0 Å². The highest BCUT2D eigenvalue weighted by atomic mass is 15.2. The molecular formula is C18H32N2. The van der Waals surface area contributed by atoms with E-state index in [9.17, 15) is 0 Å². The van der Waals surface area contributed by atoms with Gasteiger partial charge in [-0.2, -0.15) is 0 Å². The number of fused-ring (bicyclic) bond motifs is 2. The van der Waals surface area contributed by atoms with Crippen molar-refractivity contribution in [3.05, 3.63) is 12.2 Å². The molecule has 2 saturated carbocycles. The van der Waals surface area contributed by atoms with E-state index in [2.05, 4.69) is 43.4 Å². The summed E-state index contributed by atoms with van der Waals surface area (Å²) in [5.41, 5.74) is 0.408. The van der Waals surface area contributed by atoms with Crippen LogP contribution in [0.25, 0.3) is 0 Å². The Hall–Kier alpha value is -0.340. The Bertz CT molecular complexity index is 362. The summed E-state index contributed by atoms with van der Waals surface area (Å²) in [4.78, 5) is 2.50. The SMILES string of the molecule is CC1CCCC(CNCC2CC3C=CC2C3)(N(C)C)C1. The fourth-order valence-corrected chi connectivity index (χ4v) is 4.98. The van der Waals surface area contributed by atoms with E-state index in [0.29, 0.717) is 5.54 Å². The Morgan fingerprint density at radius 1 is 1.25 bits per heavy atom. The number of nitrogens with one attached hydrogen (secondary N) is 1. The summed E-state index contributed by atoms with van der Waals surface area (Å²) in [5, 5.41) is 3.85. The van der Waals surface area contributed by atoms with Gasteiger partial charge in [0.05, 0.1) is 0 Å². The second-order valence-electron chi connectivity index (χ2n) is 7.99. The van der Waals surface area contributed by atoms with E-state index in [1.54, 1.807) is 0 Å². The zero-order valence-corrected chi connectivity index (χ0v) is 13.6. The van der Waals surface area contributed by atoms with Gasteiger partial charge in [0.1, 0.15) is 0 Å². The van der Waals surface area contributed by atoms with Crippen LogP contribution in [0.2, 0.25) is 0 Å². The standard InChI is InChI=1S/C18H32N2/c1-14-5-4-8-18(11-14,20(2)3)13-19-12-17-10-15-6-7-16(17)9-15/h6-7,14-17,19H,4-5,8-13H2,1-3H3. The van der Waals surface area contributed by atoms with E-state index in [0.717, 1.165) is 23.7 Å². The van der Waals surface area contributed by atoms with Crippen molar-refractivity contribution in [2.45, 2.75) is 51.0 Å². The minimum Gasteiger partial charge on any atom is -0.315 e. The molecule has 0 aromatic heterocycles. The van der Waals surface area contributed by atoms with Crippen molar-refractivity contribution in [1.82, 2.24) is 10.2 Å². The molecule has 0 aromatic carbocycles. The average molecular weight is 276 g/mol. The molecule has 3 aliphatic carbocycles. The largest absolute Gasteiger partial charge is 0.315 e. The molecule has 2 fully saturated rings. The third-order valence-electron chi connectivity index (χ3n) is 6.29. The Balaban J connectivity index is 1.51. The molecule has 114 valence electrons. The molecule has 0 aromatic rings. The van der Waals surface area contributed by atoms with Gasteiger partial charge in [0, 0.05) is 12.1 Å². The summed E-state index contributed by atoms with van der Waals surface area (Å²) in [6.07, 6.45) is 13.3. The fourth-order valence-electron chi connectivity index (χ4n) is 4.98. The molecule has 2 bridgehead atoms. The number of allylic oxidation sites excluding steroid dienone is 2. The van der Waals surface area contributed by atoms with E-state index in [1.807, 2.05) is 0 Å². The first-order valence-electron chi connectivity index (χ1n) is 8.65. The number of hydrogen-bond donors (Lipinski definition) is 1. The van der Waals surface area contributed by atoms with Crippen LogP contribution in [0.15, 0.2) is 12.2 Å². The maximum absolute atomic E-state index is 3.85. The quantitative estimate of drug-likeness (QED) is 0.775. The lowest BCUT2D eigenvalue weighted by Gasteiger charge is -2.45. The van der Waals surface area contributed by atoms with Gasteiger partial charge in [-0.1, -0.05) is 31.9 Å². The Kier molecular flexibility index (Phi) is 4.24. The van der Waals surface area contributed by atoms with Gasteiger partial charge < -0.3 is 10.2 Å². The molecule has 2 nitrogen and oxygen atoms in total. The molecule has 0 amide bonds. The number of likely N-dealkylation sites (N-methyl/N-ethyl adjacent to an activating group) is 1. The lowest BCUT2D eigenvalue weighted by Crippen LogP contribution is -2.54. The van der Waals surface area contributed by atoms with Crippen LogP contribution < -0.4 is 5.32 Å². The first kappa shape index (κ1) is 14.6. The van der Waals surface area contributed by atoms with E-state index in [1.165, 1.54) is 51.6 Å². The van der Waals surface area contributed by atoms with Crippen LogP contribution in [0.3, 0.4) is 0 Å². The lowest BCUT2D eigenvalue weighted by atomic mass is 9.75. The predicted molar refractivity (Wildman–Crippen MR) is 85.8 cm³/mol. The first-order valence-corrected chi connectivity index (χ1v) is 8.65. The van der Waals surface area contributed by atoms with Crippen LogP contribution in [-0.2, 0) is 0 Å². The summed E-state index contributed by atoms with van der Waals surface area (Å²) >= 11 is 0. The van der Waals surface area contributed by atoms with Gasteiger partial charge in [-0.05, 0) is 70.0 Å². The normalized spacial score (nSPS) is 43.6. The fraction of sp³-hybridized carbons (Fsp3) is 0.889. The molecule has 0 heterocycles. The van der Waals surface area contributed by atoms with E-state index in [4.69, 9.17) is 0 Å². The summed E-state index contributed by atoms with van der Waals surface area (Å²) in [6, 6.07) is 0. The maximum atomic E-state index is 3.85. The molecule has 2 heteroatoms. The van der Waals surface area contributed by atoms with Crippen molar-refractivity contribution in [2.24, 2.45) is 23.7 Å². The molecule has 3 aliphatic rings. The minimum atomic E-state index is 0.408. The zero-order valence-electron chi connectivity index (χ0n) is 13.6. The summed E-state index contributed by atoms with van der Waals surface area (Å²) < 4.78 is 0. The maximum Gasteiger partial charge on any atom is 0.0330 e. The van der Waals surface area contributed by atoms with Crippen molar-refractivity contribution >= 4 is 0 Å². The number of nitrogens with zero attached hydrogens (tertiary/aromatic N) is 1. The highest BCUT2D eigenvalue weighted by Crippen LogP contribution is 2.43. The van der Waals surface area contributed by atoms with Gasteiger partial charge in [0.2, 0.25) is 0 Å². The lowest BCUT2D eigenvalue weighted by molar-refractivity contribution is 0.0739. The molecular weight excluding hydrogens is 244 g/mol.